The highest BCUT2D eigenvalue weighted by Gasteiger charge is 2.42. The highest BCUT2D eigenvalue weighted by atomic mass is 19.1. The molecule has 0 aromatic heterocycles. The predicted octanol–water partition coefficient (Wildman–Crippen LogP) is 3.38. The first-order valence-corrected chi connectivity index (χ1v) is 7.20. The third-order valence-corrected chi connectivity index (χ3v) is 4.88. The summed E-state index contributed by atoms with van der Waals surface area (Å²) in [5.41, 5.74) is 0.412. The molecule has 3 heteroatoms. The Morgan fingerprint density at radius 1 is 1.37 bits per heavy atom. The first-order chi connectivity index (χ1) is 9.13. The molecule has 0 heterocycles. The summed E-state index contributed by atoms with van der Waals surface area (Å²) < 4.78 is 13.1. The number of carbonyl (C=O) groups excluding carboxylic acids is 1. The molecule has 3 rings (SSSR count). The van der Waals surface area contributed by atoms with Crippen LogP contribution in [0.15, 0.2) is 24.3 Å². The fourth-order valence-corrected chi connectivity index (χ4v) is 3.93. The molecule has 2 saturated carbocycles. The molecule has 0 unspecified atom stereocenters. The molecule has 0 spiro atoms. The van der Waals surface area contributed by atoms with Crippen LogP contribution in [-0.4, -0.2) is 11.9 Å². The lowest BCUT2D eigenvalue weighted by atomic mass is 9.84. The maximum Gasteiger partial charge on any atom is 0.251 e. The SMILES string of the molecule is C[C@@H](NC(=O)c1cccc(F)c1)[C@@H]1C[C@H]2CC[C@H]1C2. The van der Waals surface area contributed by atoms with Gasteiger partial charge in [0.25, 0.3) is 5.91 Å². The van der Waals surface area contributed by atoms with Gasteiger partial charge in [-0.2, -0.15) is 0 Å². The molecule has 1 aromatic rings. The largest absolute Gasteiger partial charge is 0.349 e. The number of hydrogen-bond donors (Lipinski definition) is 1. The Morgan fingerprint density at radius 2 is 2.21 bits per heavy atom. The van der Waals surface area contributed by atoms with E-state index in [1.54, 1.807) is 12.1 Å². The van der Waals surface area contributed by atoms with Crippen LogP contribution in [-0.2, 0) is 0 Å². The lowest BCUT2D eigenvalue weighted by Gasteiger charge is -2.28. The van der Waals surface area contributed by atoms with E-state index in [-0.39, 0.29) is 17.8 Å². The van der Waals surface area contributed by atoms with Crippen molar-refractivity contribution in [1.82, 2.24) is 5.32 Å². The number of halogens is 1. The zero-order chi connectivity index (χ0) is 13.4. The number of nitrogens with one attached hydrogen (secondary N) is 1. The monoisotopic (exact) mass is 261 g/mol. The van der Waals surface area contributed by atoms with Crippen LogP contribution in [0.2, 0.25) is 0 Å². The summed E-state index contributed by atoms with van der Waals surface area (Å²) in [6.45, 7) is 2.09. The Balaban J connectivity index is 1.63. The molecule has 1 aromatic carbocycles. The van der Waals surface area contributed by atoms with E-state index in [1.807, 2.05) is 0 Å². The molecule has 1 N–H and O–H groups in total. The van der Waals surface area contributed by atoms with Crippen molar-refractivity contribution < 1.29 is 9.18 Å². The maximum absolute atomic E-state index is 13.1. The number of carbonyl (C=O) groups is 1. The molecule has 0 aliphatic heterocycles. The average Bonchev–Trinajstić information content (AvgIpc) is 3.00. The lowest BCUT2D eigenvalue weighted by Crippen LogP contribution is -2.40. The quantitative estimate of drug-likeness (QED) is 0.888. The summed E-state index contributed by atoms with van der Waals surface area (Å²) in [4.78, 5) is 12.1. The lowest BCUT2D eigenvalue weighted by molar-refractivity contribution is 0.0915. The van der Waals surface area contributed by atoms with Crippen LogP contribution < -0.4 is 5.32 Å². The van der Waals surface area contributed by atoms with Gasteiger partial charge in [0.05, 0.1) is 0 Å². The Morgan fingerprint density at radius 3 is 2.84 bits per heavy atom. The number of benzene rings is 1. The maximum atomic E-state index is 13.1. The van der Waals surface area contributed by atoms with Crippen LogP contribution in [0.3, 0.4) is 0 Å². The van der Waals surface area contributed by atoms with Crippen LogP contribution in [0.4, 0.5) is 4.39 Å². The van der Waals surface area contributed by atoms with Crippen molar-refractivity contribution >= 4 is 5.91 Å². The third-order valence-electron chi connectivity index (χ3n) is 4.88. The zero-order valence-corrected chi connectivity index (χ0v) is 11.2. The molecule has 2 fully saturated rings. The van der Waals surface area contributed by atoms with Crippen LogP contribution in [0.1, 0.15) is 43.0 Å². The summed E-state index contributed by atoms with van der Waals surface area (Å²) in [6.07, 6.45) is 5.27. The molecule has 2 aliphatic carbocycles. The highest BCUT2D eigenvalue weighted by molar-refractivity contribution is 5.94. The van der Waals surface area contributed by atoms with Gasteiger partial charge >= 0.3 is 0 Å². The van der Waals surface area contributed by atoms with Crippen molar-refractivity contribution in [2.24, 2.45) is 17.8 Å². The topological polar surface area (TPSA) is 29.1 Å². The summed E-state index contributed by atoms with van der Waals surface area (Å²) >= 11 is 0. The second-order valence-corrected chi connectivity index (χ2v) is 6.11. The van der Waals surface area contributed by atoms with Crippen molar-refractivity contribution in [3.63, 3.8) is 0 Å². The van der Waals surface area contributed by atoms with Crippen LogP contribution in [0.25, 0.3) is 0 Å². The third kappa shape index (κ3) is 2.51. The molecule has 2 nitrogen and oxygen atoms in total. The molecule has 4 atom stereocenters. The van der Waals surface area contributed by atoms with Gasteiger partial charge in [0.2, 0.25) is 0 Å². The van der Waals surface area contributed by atoms with Gasteiger partial charge in [0.15, 0.2) is 0 Å². The van der Waals surface area contributed by atoms with Gasteiger partial charge < -0.3 is 5.32 Å². The number of fused-ring (bicyclic) bond motifs is 2. The molecule has 0 radical (unpaired) electrons. The summed E-state index contributed by atoms with van der Waals surface area (Å²) in [5, 5.41) is 3.04. The van der Waals surface area contributed by atoms with Gasteiger partial charge in [-0.05, 0) is 62.1 Å². The first kappa shape index (κ1) is 12.6. The Hall–Kier alpha value is -1.38. The van der Waals surface area contributed by atoms with Crippen molar-refractivity contribution in [3.8, 4) is 0 Å². The van der Waals surface area contributed by atoms with E-state index >= 15 is 0 Å². The van der Waals surface area contributed by atoms with Crippen LogP contribution in [0, 0.1) is 23.6 Å². The van der Waals surface area contributed by atoms with Crippen molar-refractivity contribution in [2.75, 3.05) is 0 Å². The minimum atomic E-state index is -0.361. The second kappa shape index (κ2) is 4.95. The molecule has 19 heavy (non-hydrogen) atoms. The van der Waals surface area contributed by atoms with E-state index in [0.29, 0.717) is 11.5 Å². The minimum Gasteiger partial charge on any atom is -0.349 e. The summed E-state index contributed by atoms with van der Waals surface area (Å²) in [7, 11) is 0. The Labute approximate surface area is 113 Å². The smallest absolute Gasteiger partial charge is 0.251 e. The summed E-state index contributed by atoms with van der Waals surface area (Å²) in [6, 6.07) is 6.07. The Bertz CT molecular complexity index is 487. The van der Waals surface area contributed by atoms with Crippen molar-refractivity contribution in [3.05, 3.63) is 35.6 Å². The number of amides is 1. The normalized spacial score (nSPS) is 30.3. The standard InChI is InChI=1S/C16H20FNO/c1-10(15-8-11-5-6-12(15)7-11)18-16(19)13-3-2-4-14(17)9-13/h2-4,9-12,15H,5-8H2,1H3,(H,18,19)/t10-,11+,12+,15+/m1/s1. The minimum absolute atomic E-state index is 0.158. The number of hydrogen-bond acceptors (Lipinski definition) is 1. The number of rotatable bonds is 3. The van der Waals surface area contributed by atoms with Gasteiger partial charge in [-0.15, -0.1) is 0 Å². The van der Waals surface area contributed by atoms with E-state index in [4.69, 9.17) is 0 Å². The van der Waals surface area contributed by atoms with Gasteiger partial charge in [0, 0.05) is 11.6 Å². The molecule has 0 saturated heterocycles. The molecule has 1 amide bonds. The highest BCUT2D eigenvalue weighted by Crippen LogP contribution is 2.49. The van der Waals surface area contributed by atoms with E-state index in [1.165, 1.54) is 37.8 Å². The Kier molecular flexibility index (Phi) is 3.29. The van der Waals surface area contributed by atoms with Gasteiger partial charge in [-0.3, -0.25) is 4.79 Å². The molecular formula is C16H20FNO. The average molecular weight is 261 g/mol. The fraction of sp³-hybridized carbons (Fsp3) is 0.562. The van der Waals surface area contributed by atoms with Crippen molar-refractivity contribution in [1.29, 1.82) is 0 Å². The predicted molar refractivity (Wildman–Crippen MR) is 72.3 cm³/mol. The first-order valence-electron chi connectivity index (χ1n) is 7.20. The van der Waals surface area contributed by atoms with Crippen LogP contribution >= 0.6 is 0 Å². The van der Waals surface area contributed by atoms with E-state index in [2.05, 4.69) is 12.2 Å². The van der Waals surface area contributed by atoms with Gasteiger partial charge in [0.1, 0.15) is 5.82 Å². The van der Waals surface area contributed by atoms with Gasteiger partial charge in [-0.25, -0.2) is 4.39 Å². The second-order valence-electron chi connectivity index (χ2n) is 6.11. The van der Waals surface area contributed by atoms with E-state index < -0.39 is 0 Å². The van der Waals surface area contributed by atoms with E-state index in [0.717, 1.165) is 11.8 Å². The molecule has 2 bridgehead atoms. The zero-order valence-electron chi connectivity index (χ0n) is 11.2. The fourth-order valence-electron chi connectivity index (χ4n) is 3.93. The van der Waals surface area contributed by atoms with Crippen LogP contribution in [0.5, 0.6) is 0 Å². The molecule has 102 valence electrons. The van der Waals surface area contributed by atoms with E-state index in [9.17, 15) is 9.18 Å². The molecular weight excluding hydrogens is 241 g/mol. The molecule has 2 aliphatic rings. The van der Waals surface area contributed by atoms with Gasteiger partial charge in [-0.1, -0.05) is 12.5 Å². The van der Waals surface area contributed by atoms with Crippen molar-refractivity contribution in [2.45, 2.75) is 38.6 Å². The summed E-state index contributed by atoms with van der Waals surface area (Å²) in [5.74, 6) is 1.75.